The number of hydrogen-bond acceptors (Lipinski definition) is 4. The van der Waals surface area contributed by atoms with Gasteiger partial charge >= 0.3 is 0 Å². The average molecular weight is 336 g/mol. The minimum absolute atomic E-state index is 0.418. The molecule has 0 saturated heterocycles. The van der Waals surface area contributed by atoms with E-state index in [0.29, 0.717) is 6.04 Å². The fraction of sp³-hybridized carbons (Fsp3) is 0.700. The Labute approximate surface area is 149 Å². The lowest BCUT2D eigenvalue weighted by molar-refractivity contribution is 0.230. The van der Waals surface area contributed by atoms with E-state index in [1.54, 1.807) is 0 Å². The van der Waals surface area contributed by atoms with Crippen molar-refractivity contribution in [2.75, 3.05) is 60.5 Å². The molecular weight excluding hydrogens is 298 g/mol. The highest BCUT2D eigenvalue weighted by Crippen LogP contribution is 2.21. The van der Waals surface area contributed by atoms with Crippen LogP contribution in [0.3, 0.4) is 0 Å². The molecule has 24 heavy (non-hydrogen) atoms. The normalized spacial score (nSPS) is 13.0. The van der Waals surface area contributed by atoms with Crippen molar-refractivity contribution in [2.24, 2.45) is 0 Å². The third kappa shape index (κ3) is 7.65. The fourth-order valence-corrected chi connectivity index (χ4v) is 2.67. The highest BCUT2D eigenvalue weighted by Gasteiger charge is 2.11. The van der Waals surface area contributed by atoms with Gasteiger partial charge in [0.1, 0.15) is 5.75 Å². The quantitative estimate of drug-likeness (QED) is 0.545. The molecule has 0 aliphatic rings. The molecule has 0 fully saturated rings. The first-order valence-electron chi connectivity index (χ1n) is 9.28. The van der Waals surface area contributed by atoms with Crippen molar-refractivity contribution in [2.45, 2.75) is 33.2 Å². The summed E-state index contributed by atoms with van der Waals surface area (Å²) < 4.78 is 5.87. The second kappa shape index (κ2) is 11.5. The Balaban J connectivity index is 2.39. The second-order valence-corrected chi connectivity index (χ2v) is 6.76. The molecule has 1 aromatic carbocycles. The first-order chi connectivity index (χ1) is 11.5. The predicted octanol–water partition coefficient (Wildman–Crippen LogP) is 3.35. The third-order valence-corrected chi connectivity index (χ3v) is 4.71. The van der Waals surface area contributed by atoms with Crippen LogP contribution in [0.5, 0.6) is 5.75 Å². The number of nitrogens with zero attached hydrogens (tertiary/aromatic N) is 3. The van der Waals surface area contributed by atoms with Gasteiger partial charge in [0, 0.05) is 25.7 Å². The van der Waals surface area contributed by atoms with Gasteiger partial charge in [0.2, 0.25) is 0 Å². The van der Waals surface area contributed by atoms with Crippen LogP contribution in [0.15, 0.2) is 24.3 Å². The molecule has 4 nitrogen and oxygen atoms in total. The van der Waals surface area contributed by atoms with Crippen molar-refractivity contribution in [3.05, 3.63) is 29.8 Å². The molecule has 1 unspecified atom stereocenters. The van der Waals surface area contributed by atoms with Gasteiger partial charge in [-0.2, -0.15) is 0 Å². The van der Waals surface area contributed by atoms with Crippen LogP contribution in [0.1, 0.15) is 38.8 Å². The van der Waals surface area contributed by atoms with Crippen molar-refractivity contribution in [1.82, 2.24) is 14.7 Å². The zero-order valence-corrected chi connectivity index (χ0v) is 16.6. The van der Waals surface area contributed by atoms with Crippen LogP contribution in [-0.4, -0.2) is 75.2 Å². The molecule has 0 aliphatic carbocycles. The molecule has 0 spiro atoms. The molecule has 0 amide bonds. The first-order valence-corrected chi connectivity index (χ1v) is 9.28. The number of likely N-dealkylation sites (N-methyl/N-ethyl adjacent to an activating group) is 2. The maximum absolute atomic E-state index is 5.87. The van der Waals surface area contributed by atoms with E-state index in [1.165, 1.54) is 5.56 Å². The van der Waals surface area contributed by atoms with Crippen LogP contribution in [-0.2, 0) is 0 Å². The summed E-state index contributed by atoms with van der Waals surface area (Å²) in [5.74, 6) is 0.974. The van der Waals surface area contributed by atoms with Gasteiger partial charge in [-0.15, -0.1) is 0 Å². The van der Waals surface area contributed by atoms with Gasteiger partial charge in [-0.25, -0.2) is 0 Å². The summed E-state index contributed by atoms with van der Waals surface area (Å²) in [5.41, 5.74) is 1.34. The highest BCUT2D eigenvalue weighted by molar-refractivity contribution is 5.29. The van der Waals surface area contributed by atoms with Crippen molar-refractivity contribution in [3.63, 3.8) is 0 Å². The minimum atomic E-state index is 0.418. The van der Waals surface area contributed by atoms with Crippen molar-refractivity contribution in [3.8, 4) is 5.75 Å². The summed E-state index contributed by atoms with van der Waals surface area (Å²) in [5, 5.41) is 0. The Morgan fingerprint density at radius 1 is 0.917 bits per heavy atom. The molecule has 0 aliphatic heterocycles. The van der Waals surface area contributed by atoms with Crippen LogP contribution in [0.2, 0.25) is 0 Å². The van der Waals surface area contributed by atoms with E-state index in [2.05, 4.69) is 80.9 Å². The third-order valence-electron chi connectivity index (χ3n) is 4.71. The first kappa shape index (κ1) is 20.9. The number of benzene rings is 1. The summed E-state index contributed by atoms with van der Waals surface area (Å²) >= 11 is 0. The summed E-state index contributed by atoms with van der Waals surface area (Å²) in [7, 11) is 6.42. The zero-order chi connectivity index (χ0) is 17.9. The van der Waals surface area contributed by atoms with E-state index in [0.717, 1.165) is 51.5 Å². The molecule has 0 N–H and O–H groups in total. The van der Waals surface area contributed by atoms with Gasteiger partial charge in [0.25, 0.3) is 0 Å². The molecule has 0 radical (unpaired) electrons. The van der Waals surface area contributed by atoms with Gasteiger partial charge in [-0.3, -0.25) is 4.90 Å². The van der Waals surface area contributed by atoms with Gasteiger partial charge in [-0.05, 0) is 65.3 Å². The van der Waals surface area contributed by atoms with E-state index in [9.17, 15) is 0 Å². The van der Waals surface area contributed by atoms with Crippen molar-refractivity contribution in [1.29, 1.82) is 0 Å². The zero-order valence-electron chi connectivity index (χ0n) is 16.6. The van der Waals surface area contributed by atoms with Gasteiger partial charge in [0.15, 0.2) is 0 Å². The Morgan fingerprint density at radius 2 is 1.54 bits per heavy atom. The lowest BCUT2D eigenvalue weighted by Gasteiger charge is -2.26. The minimum Gasteiger partial charge on any atom is -0.494 e. The van der Waals surface area contributed by atoms with Crippen LogP contribution in [0.4, 0.5) is 0 Å². The molecule has 1 rings (SSSR count). The Bertz CT molecular complexity index is 429. The van der Waals surface area contributed by atoms with Crippen LogP contribution < -0.4 is 4.74 Å². The molecule has 0 heterocycles. The number of ether oxygens (including phenoxy) is 1. The van der Waals surface area contributed by atoms with Crippen molar-refractivity contribution < 1.29 is 4.74 Å². The lowest BCUT2D eigenvalue weighted by atomic mass is 10.1. The van der Waals surface area contributed by atoms with Crippen LogP contribution in [0, 0.1) is 0 Å². The van der Waals surface area contributed by atoms with Crippen LogP contribution >= 0.6 is 0 Å². The summed E-state index contributed by atoms with van der Waals surface area (Å²) in [4.78, 5) is 7.04. The Kier molecular flexibility index (Phi) is 9.99. The molecule has 0 aromatic heterocycles. The molecule has 4 heteroatoms. The van der Waals surface area contributed by atoms with E-state index in [-0.39, 0.29) is 0 Å². The second-order valence-electron chi connectivity index (χ2n) is 6.76. The number of rotatable bonds is 12. The molecule has 0 bridgehead atoms. The molecule has 1 atom stereocenters. The van der Waals surface area contributed by atoms with Gasteiger partial charge in [-0.1, -0.05) is 26.0 Å². The molecule has 0 saturated carbocycles. The van der Waals surface area contributed by atoms with Crippen LogP contribution in [0.25, 0.3) is 0 Å². The molecular formula is C20H37N3O. The average Bonchev–Trinajstić information content (AvgIpc) is 2.59. The van der Waals surface area contributed by atoms with E-state index < -0.39 is 0 Å². The monoisotopic (exact) mass is 335 g/mol. The summed E-state index contributed by atoms with van der Waals surface area (Å²) in [6, 6.07) is 9.00. The number of hydrogen-bond donors (Lipinski definition) is 0. The smallest absolute Gasteiger partial charge is 0.119 e. The van der Waals surface area contributed by atoms with E-state index in [4.69, 9.17) is 4.74 Å². The van der Waals surface area contributed by atoms with Gasteiger partial charge in [0.05, 0.1) is 6.61 Å². The maximum Gasteiger partial charge on any atom is 0.119 e. The maximum atomic E-state index is 5.87. The molecule has 1 aromatic rings. The molecule has 138 valence electrons. The Morgan fingerprint density at radius 3 is 2.08 bits per heavy atom. The standard InChI is InChI=1S/C20H37N3O/c1-7-23(8-2)14-9-17-24-20-12-10-19(11-13-20)18(3)22(6)16-15-21(4)5/h10-13,18H,7-9,14-17H2,1-6H3. The lowest BCUT2D eigenvalue weighted by Crippen LogP contribution is -2.30. The highest BCUT2D eigenvalue weighted by atomic mass is 16.5. The topological polar surface area (TPSA) is 19.0 Å². The summed E-state index contributed by atoms with van der Waals surface area (Å²) in [6.07, 6.45) is 1.08. The fourth-order valence-electron chi connectivity index (χ4n) is 2.67. The predicted molar refractivity (Wildman–Crippen MR) is 104 cm³/mol. The SMILES string of the molecule is CCN(CC)CCCOc1ccc(C(C)N(C)CCN(C)C)cc1. The van der Waals surface area contributed by atoms with E-state index in [1.807, 2.05) is 0 Å². The Hall–Kier alpha value is -1.10. The van der Waals surface area contributed by atoms with Gasteiger partial charge < -0.3 is 14.5 Å². The largest absolute Gasteiger partial charge is 0.494 e. The summed E-state index contributed by atoms with van der Waals surface area (Å²) in [6.45, 7) is 12.9. The van der Waals surface area contributed by atoms with Crippen molar-refractivity contribution >= 4 is 0 Å². The van der Waals surface area contributed by atoms with E-state index >= 15 is 0 Å².